The fraction of sp³-hybridized carbons (Fsp3) is 0.133. The maximum atomic E-state index is 13.1. The van der Waals surface area contributed by atoms with Crippen molar-refractivity contribution in [3.63, 3.8) is 0 Å². The molecule has 0 aliphatic heterocycles. The maximum absolute atomic E-state index is 13.1. The largest absolute Gasteiger partial charge is 0.378 e. The van der Waals surface area contributed by atoms with Gasteiger partial charge in [-0.05, 0) is 36.4 Å². The van der Waals surface area contributed by atoms with Crippen LogP contribution in [0.2, 0.25) is 0 Å². The zero-order chi connectivity index (χ0) is 13.1. The van der Waals surface area contributed by atoms with Crippen LogP contribution in [0, 0.1) is 5.82 Å². The van der Waals surface area contributed by atoms with Gasteiger partial charge in [-0.25, -0.2) is 4.39 Å². The van der Waals surface area contributed by atoms with Gasteiger partial charge in [0, 0.05) is 30.9 Å². The van der Waals surface area contributed by atoms with Crippen molar-refractivity contribution in [1.29, 1.82) is 0 Å². The number of ketones is 1. The third-order valence-corrected chi connectivity index (χ3v) is 2.73. The zero-order valence-electron chi connectivity index (χ0n) is 10.4. The highest BCUT2D eigenvalue weighted by atomic mass is 19.1. The van der Waals surface area contributed by atoms with Crippen molar-refractivity contribution in [3.8, 4) is 0 Å². The van der Waals surface area contributed by atoms with Crippen molar-refractivity contribution in [1.82, 2.24) is 0 Å². The van der Waals surface area contributed by atoms with E-state index >= 15 is 0 Å². The monoisotopic (exact) mass is 243 g/mol. The normalized spacial score (nSPS) is 10.2. The molecule has 0 fully saturated rings. The lowest BCUT2D eigenvalue weighted by Crippen LogP contribution is -2.09. The standard InChI is InChI=1S/C15H14FNO/c1-17(2)14-8-6-11(7-9-14)15(18)12-4-3-5-13(16)10-12/h3-10H,1-2H3. The molecule has 0 saturated heterocycles. The Hall–Kier alpha value is -2.16. The van der Waals surface area contributed by atoms with Crippen LogP contribution in [0.1, 0.15) is 15.9 Å². The number of hydrogen-bond donors (Lipinski definition) is 0. The highest BCUT2D eigenvalue weighted by Crippen LogP contribution is 2.16. The third-order valence-electron chi connectivity index (χ3n) is 2.73. The molecule has 0 spiro atoms. The molecule has 18 heavy (non-hydrogen) atoms. The van der Waals surface area contributed by atoms with Crippen LogP contribution >= 0.6 is 0 Å². The number of anilines is 1. The van der Waals surface area contributed by atoms with Crippen molar-refractivity contribution < 1.29 is 9.18 Å². The van der Waals surface area contributed by atoms with Crippen LogP contribution in [-0.4, -0.2) is 19.9 Å². The van der Waals surface area contributed by atoms with E-state index in [1.165, 1.54) is 18.2 Å². The summed E-state index contributed by atoms with van der Waals surface area (Å²) in [4.78, 5) is 14.1. The third kappa shape index (κ3) is 2.56. The molecule has 0 heterocycles. The number of halogens is 1. The van der Waals surface area contributed by atoms with E-state index in [1.54, 1.807) is 18.2 Å². The van der Waals surface area contributed by atoms with Gasteiger partial charge >= 0.3 is 0 Å². The summed E-state index contributed by atoms with van der Waals surface area (Å²) >= 11 is 0. The summed E-state index contributed by atoms with van der Waals surface area (Å²) in [6, 6.07) is 13.0. The summed E-state index contributed by atoms with van der Waals surface area (Å²) in [5.74, 6) is -0.564. The topological polar surface area (TPSA) is 20.3 Å². The molecular weight excluding hydrogens is 229 g/mol. The second kappa shape index (κ2) is 5.00. The SMILES string of the molecule is CN(C)c1ccc(C(=O)c2cccc(F)c2)cc1. The van der Waals surface area contributed by atoms with Crippen molar-refractivity contribution in [2.45, 2.75) is 0 Å². The minimum Gasteiger partial charge on any atom is -0.378 e. The predicted octanol–water partition coefficient (Wildman–Crippen LogP) is 3.12. The molecule has 2 nitrogen and oxygen atoms in total. The molecule has 0 aliphatic carbocycles. The van der Waals surface area contributed by atoms with Gasteiger partial charge in [-0.3, -0.25) is 4.79 Å². The molecule has 0 amide bonds. The molecule has 2 rings (SSSR count). The van der Waals surface area contributed by atoms with Crippen LogP contribution in [0.15, 0.2) is 48.5 Å². The summed E-state index contributed by atoms with van der Waals surface area (Å²) in [5.41, 5.74) is 1.95. The van der Waals surface area contributed by atoms with Gasteiger partial charge in [-0.1, -0.05) is 12.1 Å². The van der Waals surface area contributed by atoms with E-state index in [4.69, 9.17) is 0 Å². The molecule has 0 atom stereocenters. The molecule has 3 heteroatoms. The zero-order valence-corrected chi connectivity index (χ0v) is 10.4. The molecule has 0 radical (unpaired) electrons. The summed E-state index contributed by atoms with van der Waals surface area (Å²) in [5, 5.41) is 0. The minimum absolute atomic E-state index is 0.167. The van der Waals surface area contributed by atoms with E-state index in [0.717, 1.165) is 5.69 Å². The van der Waals surface area contributed by atoms with Crippen LogP contribution in [-0.2, 0) is 0 Å². The number of rotatable bonds is 3. The average Bonchev–Trinajstić information content (AvgIpc) is 2.38. The number of nitrogens with zero attached hydrogens (tertiary/aromatic N) is 1. The highest BCUT2D eigenvalue weighted by Gasteiger charge is 2.09. The Morgan fingerprint density at radius 3 is 2.22 bits per heavy atom. The van der Waals surface area contributed by atoms with Gasteiger partial charge in [0.2, 0.25) is 0 Å². The number of carbonyl (C=O) groups is 1. The van der Waals surface area contributed by atoms with Gasteiger partial charge in [0.25, 0.3) is 0 Å². The van der Waals surface area contributed by atoms with E-state index < -0.39 is 5.82 Å². The van der Waals surface area contributed by atoms with E-state index in [1.807, 2.05) is 31.1 Å². The first-order chi connectivity index (χ1) is 8.58. The lowest BCUT2D eigenvalue weighted by Gasteiger charge is -2.12. The fourth-order valence-corrected chi connectivity index (χ4v) is 1.71. The smallest absolute Gasteiger partial charge is 0.193 e. The van der Waals surface area contributed by atoms with E-state index in [-0.39, 0.29) is 5.78 Å². The van der Waals surface area contributed by atoms with Crippen molar-refractivity contribution in [2.24, 2.45) is 0 Å². The molecule has 0 aliphatic rings. The Labute approximate surface area is 106 Å². The van der Waals surface area contributed by atoms with Crippen LogP contribution in [0.4, 0.5) is 10.1 Å². The van der Waals surface area contributed by atoms with Gasteiger partial charge < -0.3 is 4.90 Å². The molecular formula is C15H14FNO. The molecule has 0 N–H and O–H groups in total. The predicted molar refractivity (Wildman–Crippen MR) is 70.6 cm³/mol. The molecule has 0 bridgehead atoms. The summed E-state index contributed by atoms with van der Waals surface area (Å²) in [6.45, 7) is 0. The van der Waals surface area contributed by atoms with E-state index in [2.05, 4.69) is 0 Å². The number of hydrogen-bond acceptors (Lipinski definition) is 2. The van der Waals surface area contributed by atoms with Gasteiger partial charge in [-0.2, -0.15) is 0 Å². The average molecular weight is 243 g/mol. The fourth-order valence-electron chi connectivity index (χ4n) is 1.71. The van der Waals surface area contributed by atoms with Gasteiger partial charge in [-0.15, -0.1) is 0 Å². The van der Waals surface area contributed by atoms with Crippen LogP contribution in [0.25, 0.3) is 0 Å². The molecule has 2 aromatic carbocycles. The molecule has 0 saturated carbocycles. The van der Waals surface area contributed by atoms with Crippen LogP contribution in [0.3, 0.4) is 0 Å². The first-order valence-corrected chi connectivity index (χ1v) is 5.65. The Morgan fingerprint density at radius 2 is 1.67 bits per heavy atom. The summed E-state index contributed by atoms with van der Waals surface area (Å²) in [6.07, 6.45) is 0. The van der Waals surface area contributed by atoms with Crippen LogP contribution in [0.5, 0.6) is 0 Å². The van der Waals surface area contributed by atoms with Gasteiger partial charge in [0.1, 0.15) is 5.82 Å². The van der Waals surface area contributed by atoms with E-state index in [0.29, 0.717) is 11.1 Å². The summed E-state index contributed by atoms with van der Waals surface area (Å²) in [7, 11) is 3.87. The minimum atomic E-state index is -0.397. The molecule has 0 unspecified atom stereocenters. The van der Waals surface area contributed by atoms with Gasteiger partial charge in [0.15, 0.2) is 5.78 Å². The summed E-state index contributed by atoms with van der Waals surface area (Å²) < 4.78 is 13.1. The first kappa shape index (κ1) is 12.3. The lowest BCUT2D eigenvalue weighted by molar-refractivity contribution is 0.103. The molecule has 92 valence electrons. The molecule has 2 aromatic rings. The second-order valence-corrected chi connectivity index (χ2v) is 4.28. The Balaban J connectivity index is 2.29. The van der Waals surface area contributed by atoms with Crippen LogP contribution < -0.4 is 4.90 Å². The van der Waals surface area contributed by atoms with Crippen molar-refractivity contribution in [3.05, 3.63) is 65.5 Å². The van der Waals surface area contributed by atoms with E-state index in [9.17, 15) is 9.18 Å². The highest BCUT2D eigenvalue weighted by molar-refractivity contribution is 6.09. The first-order valence-electron chi connectivity index (χ1n) is 5.65. The quantitative estimate of drug-likeness (QED) is 0.772. The van der Waals surface area contributed by atoms with Crippen molar-refractivity contribution in [2.75, 3.05) is 19.0 Å². The second-order valence-electron chi connectivity index (χ2n) is 4.28. The Bertz CT molecular complexity index is 561. The number of carbonyl (C=O) groups excluding carboxylic acids is 1. The van der Waals surface area contributed by atoms with Crippen molar-refractivity contribution >= 4 is 11.5 Å². The maximum Gasteiger partial charge on any atom is 0.193 e. The van der Waals surface area contributed by atoms with Gasteiger partial charge in [0.05, 0.1) is 0 Å². The lowest BCUT2D eigenvalue weighted by atomic mass is 10.0. The Morgan fingerprint density at radius 1 is 1.00 bits per heavy atom. The molecule has 0 aromatic heterocycles. The number of benzene rings is 2. The Kier molecular flexibility index (Phi) is 3.42.